The Bertz CT molecular complexity index is 660. The molecule has 1 aliphatic rings. The highest BCUT2D eigenvalue weighted by Gasteiger charge is 2.35. The number of rotatable bonds is 5. The van der Waals surface area contributed by atoms with Gasteiger partial charge in [0.25, 0.3) is 0 Å². The molecule has 0 saturated heterocycles. The third kappa shape index (κ3) is 3.62. The zero-order valence-corrected chi connectivity index (χ0v) is 14.6. The van der Waals surface area contributed by atoms with Crippen LogP contribution in [0, 0.1) is 5.82 Å². The molecular formula is C21H26FNO. The Labute approximate surface area is 144 Å². The van der Waals surface area contributed by atoms with Gasteiger partial charge in [0.1, 0.15) is 18.2 Å². The van der Waals surface area contributed by atoms with Crippen molar-refractivity contribution in [3.8, 4) is 5.75 Å². The van der Waals surface area contributed by atoms with Gasteiger partial charge in [0.2, 0.25) is 0 Å². The first-order chi connectivity index (χ1) is 11.6. The van der Waals surface area contributed by atoms with Gasteiger partial charge in [-0.1, -0.05) is 43.5 Å². The fraction of sp³-hybridized carbons (Fsp3) is 0.429. The second-order valence-corrected chi connectivity index (χ2v) is 6.93. The van der Waals surface area contributed by atoms with Crippen molar-refractivity contribution in [3.05, 3.63) is 65.5 Å². The van der Waals surface area contributed by atoms with Gasteiger partial charge in [0.05, 0.1) is 0 Å². The summed E-state index contributed by atoms with van der Waals surface area (Å²) in [5.41, 5.74) is 2.36. The molecule has 1 aliphatic carbocycles. The highest BCUT2D eigenvalue weighted by molar-refractivity contribution is 5.32. The molecule has 0 bridgehead atoms. The van der Waals surface area contributed by atoms with Gasteiger partial charge in [0, 0.05) is 5.54 Å². The predicted octanol–water partition coefficient (Wildman–Crippen LogP) is 5.13. The summed E-state index contributed by atoms with van der Waals surface area (Å²) in [4.78, 5) is 2.37. The summed E-state index contributed by atoms with van der Waals surface area (Å²) >= 11 is 0. The second-order valence-electron chi connectivity index (χ2n) is 6.93. The average Bonchev–Trinajstić information content (AvgIpc) is 2.61. The number of nitrogens with zero attached hydrogens (tertiary/aromatic N) is 1. The van der Waals surface area contributed by atoms with Crippen molar-refractivity contribution in [1.29, 1.82) is 0 Å². The molecular weight excluding hydrogens is 301 g/mol. The van der Waals surface area contributed by atoms with Crippen molar-refractivity contribution < 1.29 is 9.13 Å². The van der Waals surface area contributed by atoms with Crippen LogP contribution in [-0.4, -0.2) is 19.0 Å². The van der Waals surface area contributed by atoms with E-state index in [2.05, 4.69) is 31.1 Å². The van der Waals surface area contributed by atoms with Gasteiger partial charge in [-0.2, -0.15) is 0 Å². The molecule has 24 heavy (non-hydrogen) atoms. The van der Waals surface area contributed by atoms with Gasteiger partial charge >= 0.3 is 0 Å². The minimum atomic E-state index is -0.225. The van der Waals surface area contributed by atoms with E-state index in [1.807, 2.05) is 18.2 Å². The van der Waals surface area contributed by atoms with E-state index in [-0.39, 0.29) is 11.4 Å². The molecule has 0 heterocycles. The average molecular weight is 327 g/mol. The molecule has 128 valence electrons. The molecule has 1 saturated carbocycles. The van der Waals surface area contributed by atoms with Crippen LogP contribution in [0.4, 0.5) is 4.39 Å². The molecule has 0 aliphatic heterocycles. The largest absolute Gasteiger partial charge is 0.489 e. The van der Waals surface area contributed by atoms with Gasteiger partial charge in [-0.3, -0.25) is 4.90 Å². The summed E-state index contributed by atoms with van der Waals surface area (Å²) < 4.78 is 19.0. The Hall–Kier alpha value is -1.87. The number of hydrogen-bond donors (Lipinski definition) is 0. The Morgan fingerprint density at radius 1 is 1.00 bits per heavy atom. The fourth-order valence-electron chi connectivity index (χ4n) is 3.79. The van der Waals surface area contributed by atoms with E-state index in [9.17, 15) is 4.39 Å². The Balaban J connectivity index is 1.70. The molecule has 0 aromatic heterocycles. The smallest absolute Gasteiger partial charge is 0.123 e. The standard InChI is InChI=1S/C21H26FNO/c1-23(2)21(13-4-3-5-14-21)18-9-11-20(12-10-18)24-16-17-7-6-8-19(22)15-17/h6-12,15H,3-5,13-14,16H2,1-2H3. The van der Waals surface area contributed by atoms with Crippen molar-refractivity contribution in [3.63, 3.8) is 0 Å². The van der Waals surface area contributed by atoms with Gasteiger partial charge in [0.15, 0.2) is 0 Å². The second kappa shape index (κ2) is 7.35. The Morgan fingerprint density at radius 2 is 1.71 bits per heavy atom. The monoisotopic (exact) mass is 327 g/mol. The third-order valence-electron chi connectivity index (χ3n) is 5.22. The van der Waals surface area contributed by atoms with Crippen LogP contribution in [0.2, 0.25) is 0 Å². The van der Waals surface area contributed by atoms with E-state index in [0.29, 0.717) is 6.61 Å². The van der Waals surface area contributed by atoms with E-state index in [0.717, 1.165) is 11.3 Å². The predicted molar refractivity (Wildman–Crippen MR) is 95.6 cm³/mol. The number of halogens is 1. The lowest BCUT2D eigenvalue weighted by Crippen LogP contribution is -2.42. The number of benzene rings is 2. The van der Waals surface area contributed by atoms with Crippen LogP contribution in [0.1, 0.15) is 43.2 Å². The lowest BCUT2D eigenvalue weighted by atomic mass is 9.76. The molecule has 0 radical (unpaired) electrons. The minimum Gasteiger partial charge on any atom is -0.489 e. The molecule has 1 fully saturated rings. The summed E-state index contributed by atoms with van der Waals surface area (Å²) in [7, 11) is 4.36. The SMILES string of the molecule is CN(C)C1(c2ccc(OCc3cccc(F)c3)cc2)CCCCC1. The normalized spacial score (nSPS) is 17.0. The summed E-state index contributed by atoms with van der Waals surface area (Å²) in [5.74, 6) is 0.601. The van der Waals surface area contributed by atoms with E-state index >= 15 is 0 Å². The quantitative estimate of drug-likeness (QED) is 0.755. The first-order valence-electron chi connectivity index (χ1n) is 8.75. The van der Waals surface area contributed by atoms with E-state index in [1.54, 1.807) is 6.07 Å². The van der Waals surface area contributed by atoms with Crippen LogP contribution >= 0.6 is 0 Å². The van der Waals surface area contributed by atoms with Gasteiger partial charge < -0.3 is 4.74 Å². The van der Waals surface area contributed by atoms with Crippen molar-refractivity contribution in [2.75, 3.05) is 14.1 Å². The molecule has 2 aromatic carbocycles. The van der Waals surface area contributed by atoms with Crippen molar-refractivity contribution >= 4 is 0 Å². The maximum atomic E-state index is 13.2. The zero-order valence-electron chi connectivity index (χ0n) is 14.6. The Kier molecular flexibility index (Phi) is 5.20. The van der Waals surface area contributed by atoms with Crippen LogP contribution in [0.15, 0.2) is 48.5 Å². The van der Waals surface area contributed by atoms with Gasteiger partial charge in [-0.25, -0.2) is 4.39 Å². The molecule has 0 amide bonds. The van der Waals surface area contributed by atoms with Crippen LogP contribution in [0.3, 0.4) is 0 Å². The van der Waals surface area contributed by atoms with Crippen LogP contribution in [0.5, 0.6) is 5.75 Å². The van der Waals surface area contributed by atoms with E-state index < -0.39 is 0 Å². The molecule has 0 N–H and O–H groups in total. The summed E-state index contributed by atoms with van der Waals surface area (Å²) in [6, 6.07) is 15.0. The van der Waals surface area contributed by atoms with Gasteiger partial charge in [-0.05, 0) is 62.3 Å². The molecule has 3 rings (SSSR count). The lowest BCUT2D eigenvalue weighted by molar-refractivity contribution is 0.0987. The van der Waals surface area contributed by atoms with Gasteiger partial charge in [-0.15, -0.1) is 0 Å². The molecule has 2 nitrogen and oxygen atoms in total. The van der Waals surface area contributed by atoms with Crippen LogP contribution in [0.25, 0.3) is 0 Å². The minimum absolute atomic E-state index is 0.152. The topological polar surface area (TPSA) is 12.5 Å². The van der Waals surface area contributed by atoms with E-state index in [1.165, 1.54) is 49.8 Å². The fourth-order valence-corrected chi connectivity index (χ4v) is 3.79. The summed E-state index contributed by atoms with van der Waals surface area (Å²) in [6.07, 6.45) is 6.34. The maximum absolute atomic E-state index is 13.2. The van der Waals surface area contributed by atoms with Crippen molar-refractivity contribution in [2.45, 2.75) is 44.2 Å². The summed E-state index contributed by atoms with van der Waals surface area (Å²) in [6.45, 7) is 0.385. The molecule has 0 atom stereocenters. The van der Waals surface area contributed by atoms with Crippen LogP contribution in [-0.2, 0) is 12.1 Å². The van der Waals surface area contributed by atoms with Crippen molar-refractivity contribution in [1.82, 2.24) is 4.90 Å². The Morgan fingerprint density at radius 3 is 2.33 bits per heavy atom. The first-order valence-corrected chi connectivity index (χ1v) is 8.75. The first kappa shape index (κ1) is 17.0. The maximum Gasteiger partial charge on any atom is 0.123 e. The number of hydrogen-bond acceptors (Lipinski definition) is 2. The highest BCUT2D eigenvalue weighted by Crippen LogP contribution is 2.41. The zero-order chi connectivity index (χ0) is 17.0. The van der Waals surface area contributed by atoms with E-state index in [4.69, 9.17) is 4.74 Å². The highest BCUT2D eigenvalue weighted by atomic mass is 19.1. The van der Waals surface area contributed by atoms with Crippen LogP contribution < -0.4 is 4.74 Å². The number of ether oxygens (including phenoxy) is 1. The van der Waals surface area contributed by atoms with Crippen molar-refractivity contribution in [2.24, 2.45) is 0 Å². The molecule has 0 spiro atoms. The molecule has 0 unspecified atom stereocenters. The third-order valence-corrected chi connectivity index (χ3v) is 5.22. The molecule has 2 aromatic rings. The molecule has 3 heteroatoms. The summed E-state index contributed by atoms with van der Waals surface area (Å²) in [5, 5.41) is 0. The lowest BCUT2D eigenvalue weighted by Gasteiger charge is -2.43.